The zero-order chi connectivity index (χ0) is 17.3. The number of aryl methyl sites for hydroxylation is 2. The lowest BCUT2D eigenvalue weighted by Crippen LogP contribution is -2.40. The molecule has 1 aromatic carbocycles. The van der Waals surface area contributed by atoms with Gasteiger partial charge in [0.1, 0.15) is 11.6 Å². The molecule has 126 valence electrons. The zero-order valence-electron chi connectivity index (χ0n) is 13.8. The van der Waals surface area contributed by atoms with E-state index in [1.807, 2.05) is 13.8 Å². The van der Waals surface area contributed by atoms with E-state index in [1.165, 1.54) is 6.07 Å². The van der Waals surface area contributed by atoms with Gasteiger partial charge in [-0.25, -0.2) is 9.07 Å². The molecule has 0 bridgehead atoms. The minimum Gasteiger partial charge on any atom is -0.379 e. The molecule has 2 aromatic rings. The van der Waals surface area contributed by atoms with Crippen molar-refractivity contribution in [1.29, 1.82) is 0 Å². The van der Waals surface area contributed by atoms with Crippen LogP contribution in [0.5, 0.6) is 0 Å². The Hall–Kier alpha value is -2.70. The Balaban J connectivity index is 1.76. The third-order valence-electron chi connectivity index (χ3n) is 3.97. The van der Waals surface area contributed by atoms with E-state index in [4.69, 9.17) is 4.84 Å². The molecule has 0 radical (unpaired) electrons. The molecule has 6 nitrogen and oxygen atoms in total. The Labute approximate surface area is 139 Å². The third kappa shape index (κ3) is 2.89. The van der Waals surface area contributed by atoms with Crippen LogP contribution in [0.15, 0.2) is 35.5 Å². The van der Waals surface area contributed by atoms with Crippen molar-refractivity contribution in [3.63, 3.8) is 0 Å². The summed E-state index contributed by atoms with van der Waals surface area (Å²) in [6.07, 6.45) is 0.193. The van der Waals surface area contributed by atoms with Crippen molar-refractivity contribution in [2.24, 2.45) is 5.16 Å². The normalized spacial score (nSPS) is 19.8. The molecule has 1 atom stereocenters. The third-order valence-corrected chi connectivity index (χ3v) is 3.97. The molecule has 0 aliphatic carbocycles. The van der Waals surface area contributed by atoms with E-state index in [0.29, 0.717) is 23.6 Å². The summed E-state index contributed by atoms with van der Waals surface area (Å²) in [7, 11) is 0. The number of rotatable bonds is 4. The standard InChI is InChI=1S/C17H19FN4O2/c1-4-22-15(9-11(2)20-22)19-16(23)17(3)10-14(21-24-17)12-7-5-6-8-13(12)18/h5-9H,4,10H2,1-3H3,(H,19,23). The molecule has 24 heavy (non-hydrogen) atoms. The van der Waals surface area contributed by atoms with Gasteiger partial charge < -0.3 is 10.2 Å². The highest BCUT2D eigenvalue weighted by molar-refractivity contribution is 6.07. The van der Waals surface area contributed by atoms with Gasteiger partial charge in [-0.1, -0.05) is 23.4 Å². The molecule has 0 spiro atoms. The van der Waals surface area contributed by atoms with Crippen LogP contribution in [0.25, 0.3) is 0 Å². The molecule has 0 saturated carbocycles. The van der Waals surface area contributed by atoms with Crippen LogP contribution in [-0.4, -0.2) is 27.0 Å². The van der Waals surface area contributed by atoms with Crippen molar-refractivity contribution in [3.05, 3.63) is 47.4 Å². The predicted molar refractivity (Wildman–Crippen MR) is 88.3 cm³/mol. The predicted octanol–water partition coefficient (Wildman–Crippen LogP) is 2.87. The number of oxime groups is 1. The number of amides is 1. The van der Waals surface area contributed by atoms with Gasteiger partial charge in [0.2, 0.25) is 5.60 Å². The van der Waals surface area contributed by atoms with E-state index in [1.54, 1.807) is 35.9 Å². The fourth-order valence-corrected chi connectivity index (χ4v) is 2.64. The van der Waals surface area contributed by atoms with Crippen molar-refractivity contribution in [1.82, 2.24) is 9.78 Å². The molecule has 7 heteroatoms. The number of nitrogens with one attached hydrogen (secondary N) is 1. The highest BCUT2D eigenvalue weighted by atomic mass is 19.1. The van der Waals surface area contributed by atoms with Crippen LogP contribution in [-0.2, 0) is 16.2 Å². The van der Waals surface area contributed by atoms with Gasteiger partial charge in [0, 0.05) is 24.6 Å². The number of nitrogens with zero attached hydrogens (tertiary/aromatic N) is 3. The van der Waals surface area contributed by atoms with Crippen molar-refractivity contribution < 1.29 is 14.0 Å². The lowest BCUT2D eigenvalue weighted by atomic mass is 9.95. The largest absolute Gasteiger partial charge is 0.379 e. The summed E-state index contributed by atoms with van der Waals surface area (Å²) < 4.78 is 15.6. The number of benzene rings is 1. The SMILES string of the molecule is CCn1nc(C)cc1NC(=O)C1(C)CC(c2ccccc2F)=NO1. The minimum atomic E-state index is -1.19. The van der Waals surface area contributed by atoms with Crippen LogP contribution in [0, 0.1) is 12.7 Å². The molecular formula is C17H19FN4O2. The van der Waals surface area contributed by atoms with Crippen molar-refractivity contribution >= 4 is 17.4 Å². The van der Waals surface area contributed by atoms with Crippen molar-refractivity contribution in [2.75, 3.05) is 5.32 Å². The Morgan fingerprint density at radius 1 is 1.46 bits per heavy atom. The topological polar surface area (TPSA) is 68.5 Å². The number of carbonyl (C=O) groups excluding carboxylic acids is 1. The maximum Gasteiger partial charge on any atom is 0.272 e. The maximum atomic E-state index is 13.9. The molecule has 2 heterocycles. The number of halogens is 1. The van der Waals surface area contributed by atoms with E-state index in [9.17, 15) is 9.18 Å². The Morgan fingerprint density at radius 3 is 2.92 bits per heavy atom. The van der Waals surface area contributed by atoms with Gasteiger partial charge in [-0.3, -0.25) is 4.79 Å². The van der Waals surface area contributed by atoms with Crippen molar-refractivity contribution in [2.45, 2.75) is 39.3 Å². The second-order valence-electron chi connectivity index (χ2n) is 5.96. The number of carbonyl (C=O) groups is 1. The second-order valence-corrected chi connectivity index (χ2v) is 5.96. The fraction of sp³-hybridized carbons (Fsp3) is 0.353. The molecule has 1 aromatic heterocycles. The highest BCUT2D eigenvalue weighted by Crippen LogP contribution is 2.29. The lowest BCUT2D eigenvalue weighted by molar-refractivity contribution is -0.136. The summed E-state index contributed by atoms with van der Waals surface area (Å²) in [5, 5.41) is 11.0. The summed E-state index contributed by atoms with van der Waals surface area (Å²) in [6, 6.07) is 8.10. The smallest absolute Gasteiger partial charge is 0.272 e. The molecule has 1 aliphatic rings. The highest BCUT2D eigenvalue weighted by Gasteiger charge is 2.43. The Kier molecular flexibility index (Phi) is 4.09. The van der Waals surface area contributed by atoms with Crippen LogP contribution in [0.1, 0.15) is 31.5 Å². The van der Waals surface area contributed by atoms with Crippen LogP contribution < -0.4 is 5.32 Å². The number of aromatic nitrogens is 2. The molecular weight excluding hydrogens is 311 g/mol. The Bertz CT molecular complexity index is 815. The number of hydrogen-bond acceptors (Lipinski definition) is 4. The average molecular weight is 330 g/mol. The van der Waals surface area contributed by atoms with E-state index < -0.39 is 5.60 Å². The summed E-state index contributed by atoms with van der Waals surface area (Å²) in [4.78, 5) is 18.0. The summed E-state index contributed by atoms with van der Waals surface area (Å²) in [5.41, 5.74) is 0.399. The van der Waals surface area contributed by atoms with Crippen LogP contribution in [0.4, 0.5) is 10.2 Å². The molecule has 1 aliphatic heterocycles. The summed E-state index contributed by atoms with van der Waals surface area (Å²) >= 11 is 0. The minimum absolute atomic E-state index is 0.193. The first-order valence-electron chi connectivity index (χ1n) is 7.79. The average Bonchev–Trinajstić information content (AvgIpc) is 3.11. The molecule has 1 N–H and O–H groups in total. The lowest BCUT2D eigenvalue weighted by Gasteiger charge is -2.20. The van der Waals surface area contributed by atoms with Gasteiger partial charge in [-0.15, -0.1) is 0 Å². The van der Waals surface area contributed by atoms with E-state index >= 15 is 0 Å². The van der Waals surface area contributed by atoms with E-state index in [2.05, 4.69) is 15.6 Å². The number of anilines is 1. The van der Waals surface area contributed by atoms with Gasteiger partial charge in [0.15, 0.2) is 0 Å². The molecule has 3 rings (SSSR count). The first kappa shape index (κ1) is 16.2. The van der Waals surface area contributed by atoms with Crippen LogP contribution in [0.2, 0.25) is 0 Å². The monoisotopic (exact) mass is 330 g/mol. The maximum absolute atomic E-state index is 13.9. The fourth-order valence-electron chi connectivity index (χ4n) is 2.64. The quantitative estimate of drug-likeness (QED) is 0.937. The van der Waals surface area contributed by atoms with Crippen LogP contribution >= 0.6 is 0 Å². The van der Waals surface area contributed by atoms with Gasteiger partial charge in [-0.2, -0.15) is 5.10 Å². The van der Waals surface area contributed by atoms with Gasteiger partial charge in [0.25, 0.3) is 5.91 Å². The first-order valence-corrected chi connectivity index (χ1v) is 7.79. The second kappa shape index (κ2) is 6.07. The number of hydrogen-bond donors (Lipinski definition) is 1. The summed E-state index contributed by atoms with van der Waals surface area (Å²) in [6.45, 7) is 6.07. The summed E-state index contributed by atoms with van der Waals surface area (Å²) in [5.74, 6) is -0.124. The molecule has 1 unspecified atom stereocenters. The van der Waals surface area contributed by atoms with Gasteiger partial charge in [-0.05, 0) is 26.8 Å². The van der Waals surface area contributed by atoms with E-state index in [0.717, 1.165) is 5.69 Å². The first-order chi connectivity index (χ1) is 11.4. The van der Waals surface area contributed by atoms with Gasteiger partial charge in [0.05, 0.1) is 11.4 Å². The Morgan fingerprint density at radius 2 is 2.21 bits per heavy atom. The van der Waals surface area contributed by atoms with Crippen molar-refractivity contribution in [3.8, 4) is 0 Å². The zero-order valence-corrected chi connectivity index (χ0v) is 13.8. The molecule has 1 amide bonds. The molecule has 0 saturated heterocycles. The van der Waals surface area contributed by atoms with Crippen LogP contribution in [0.3, 0.4) is 0 Å². The van der Waals surface area contributed by atoms with Gasteiger partial charge >= 0.3 is 0 Å². The molecule has 0 fully saturated rings. The van der Waals surface area contributed by atoms with E-state index in [-0.39, 0.29) is 18.1 Å².